The average Bonchev–Trinajstić information content (AvgIpc) is 2.62. The van der Waals surface area contributed by atoms with Gasteiger partial charge >= 0.3 is 11.6 Å². The van der Waals surface area contributed by atoms with E-state index in [-0.39, 0.29) is 5.92 Å². The van der Waals surface area contributed by atoms with E-state index >= 15 is 0 Å². The predicted octanol–water partition coefficient (Wildman–Crippen LogP) is 3.13. The van der Waals surface area contributed by atoms with Crippen molar-refractivity contribution in [3.8, 4) is 5.75 Å². The Bertz CT molecular complexity index is 901. The molecule has 0 spiro atoms. The van der Waals surface area contributed by atoms with Crippen LogP contribution in [0, 0.1) is 5.92 Å². The fourth-order valence-electron chi connectivity index (χ4n) is 2.90. The van der Waals surface area contributed by atoms with E-state index < -0.39 is 29.6 Å². The minimum absolute atomic E-state index is 0.259. The van der Waals surface area contributed by atoms with Crippen molar-refractivity contribution in [2.75, 3.05) is 0 Å². The van der Waals surface area contributed by atoms with Crippen LogP contribution < -0.4 is 15.7 Å². The van der Waals surface area contributed by atoms with Crippen molar-refractivity contribution >= 4 is 22.8 Å². The quantitative estimate of drug-likeness (QED) is 0.638. The lowest BCUT2D eigenvalue weighted by molar-refractivity contribution is -0.144. The minimum atomic E-state index is -1.09. The maximum Gasteiger partial charge on any atom is 0.336 e. The molecule has 28 heavy (non-hydrogen) atoms. The highest BCUT2D eigenvalue weighted by Crippen LogP contribution is 2.24. The van der Waals surface area contributed by atoms with Crippen LogP contribution in [0.5, 0.6) is 5.75 Å². The number of carbonyl (C=O) groups excluding carboxylic acids is 1. The third kappa shape index (κ3) is 5.34. The molecule has 152 valence electrons. The Morgan fingerprint density at radius 2 is 1.93 bits per heavy atom. The normalized spacial score (nSPS) is 13.3. The second-order valence-corrected chi connectivity index (χ2v) is 7.18. The number of aliphatic carboxylic acids is 1. The summed E-state index contributed by atoms with van der Waals surface area (Å²) in [6, 6.07) is 5.60. The van der Waals surface area contributed by atoms with Crippen molar-refractivity contribution in [1.82, 2.24) is 5.32 Å². The number of aryl methyl sites for hydroxylation is 1. The number of nitrogens with one attached hydrogen (secondary N) is 1. The number of carbonyl (C=O) groups is 2. The van der Waals surface area contributed by atoms with Crippen molar-refractivity contribution in [3.05, 3.63) is 40.2 Å². The maximum absolute atomic E-state index is 12.3. The zero-order valence-corrected chi connectivity index (χ0v) is 16.7. The lowest BCUT2D eigenvalue weighted by Gasteiger charge is -2.21. The lowest BCUT2D eigenvalue weighted by atomic mass is 10.0. The van der Waals surface area contributed by atoms with Crippen molar-refractivity contribution in [3.63, 3.8) is 0 Å². The van der Waals surface area contributed by atoms with Crippen LogP contribution >= 0.6 is 0 Å². The molecule has 0 saturated carbocycles. The van der Waals surface area contributed by atoms with Gasteiger partial charge in [0, 0.05) is 17.5 Å². The maximum atomic E-state index is 12.3. The molecule has 1 aromatic carbocycles. The predicted molar refractivity (Wildman–Crippen MR) is 106 cm³/mol. The number of hydrogen-bond acceptors (Lipinski definition) is 5. The Kier molecular flexibility index (Phi) is 7.20. The molecule has 0 aliphatic rings. The summed E-state index contributed by atoms with van der Waals surface area (Å²) in [6.45, 7) is 7.05. The molecule has 1 heterocycles. The van der Waals surface area contributed by atoms with E-state index in [1.165, 1.54) is 13.0 Å². The second kappa shape index (κ2) is 9.39. The molecule has 2 atom stereocenters. The van der Waals surface area contributed by atoms with E-state index in [4.69, 9.17) is 9.15 Å². The number of fused-ring (bicyclic) bond motifs is 1. The first kappa shape index (κ1) is 21.5. The summed E-state index contributed by atoms with van der Waals surface area (Å²) in [7, 11) is 0. The highest BCUT2D eigenvalue weighted by atomic mass is 16.5. The van der Waals surface area contributed by atoms with Gasteiger partial charge in [-0.05, 0) is 43.4 Å². The highest BCUT2D eigenvalue weighted by molar-refractivity contribution is 5.86. The second-order valence-electron chi connectivity index (χ2n) is 7.18. The van der Waals surface area contributed by atoms with Crippen LogP contribution in [0.25, 0.3) is 11.0 Å². The molecule has 0 fully saturated rings. The molecule has 7 heteroatoms. The van der Waals surface area contributed by atoms with E-state index in [0.717, 1.165) is 30.2 Å². The summed E-state index contributed by atoms with van der Waals surface area (Å²) < 4.78 is 10.9. The molecule has 0 unspecified atom stereocenters. The highest BCUT2D eigenvalue weighted by Gasteiger charge is 2.26. The molecule has 1 amide bonds. The van der Waals surface area contributed by atoms with Gasteiger partial charge < -0.3 is 19.6 Å². The van der Waals surface area contributed by atoms with Gasteiger partial charge in [-0.15, -0.1) is 0 Å². The van der Waals surface area contributed by atoms with Gasteiger partial charge in [0.25, 0.3) is 5.91 Å². The number of hydrogen-bond donors (Lipinski definition) is 2. The Morgan fingerprint density at radius 1 is 1.21 bits per heavy atom. The molecule has 2 aromatic rings. The zero-order valence-electron chi connectivity index (χ0n) is 16.7. The van der Waals surface area contributed by atoms with Gasteiger partial charge in [-0.1, -0.05) is 27.2 Å². The molecule has 0 aliphatic carbocycles. The Morgan fingerprint density at radius 3 is 2.54 bits per heavy atom. The van der Waals surface area contributed by atoms with Gasteiger partial charge in [-0.2, -0.15) is 0 Å². The average molecular weight is 389 g/mol. The Labute approximate surface area is 163 Å². The Balaban J connectivity index is 2.18. The number of benzene rings is 1. The van der Waals surface area contributed by atoms with Crippen LogP contribution in [-0.2, 0) is 16.0 Å². The number of carboxylic acids is 1. The van der Waals surface area contributed by atoms with Crippen LogP contribution in [0.15, 0.2) is 33.5 Å². The Hall–Kier alpha value is -2.83. The van der Waals surface area contributed by atoms with Crippen molar-refractivity contribution in [2.24, 2.45) is 5.92 Å². The minimum Gasteiger partial charge on any atom is -0.481 e. The van der Waals surface area contributed by atoms with E-state index in [0.29, 0.717) is 11.3 Å². The van der Waals surface area contributed by atoms with E-state index in [1.807, 2.05) is 0 Å². The summed E-state index contributed by atoms with van der Waals surface area (Å²) >= 11 is 0. The molecule has 1 aromatic heterocycles. The summed E-state index contributed by atoms with van der Waals surface area (Å²) in [5, 5.41) is 12.5. The number of unbranched alkanes of at least 4 members (excludes halogenated alkanes) is 1. The smallest absolute Gasteiger partial charge is 0.336 e. The van der Waals surface area contributed by atoms with Crippen molar-refractivity contribution in [2.45, 2.75) is 59.1 Å². The molecule has 0 saturated heterocycles. The van der Waals surface area contributed by atoms with Crippen LogP contribution in [0.3, 0.4) is 0 Å². The van der Waals surface area contributed by atoms with Crippen LogP contribution in [-0.4, -0.2) is 29.1 Å². The molecule has 2 rings (SSSR count). The molecule has 7 nitrogen and oxygen atoms in total. The van der Waals surface area contributed by atoms with E-state index in [2.05, 4.69) is 12.2 Å². The zero-order chi connectivity index (χ0) is 20.8. The van der Waals surface area contributed by atoms with Gasteiger partial charge in [0.1, 0.15) is 17.4 Å². The fourth-order valence-corrected chi connectivity index (χ4v) is 2.90. The third-order valence-corrected chi connectivity index (χ3v) is 4.51. The summed E-state index contributed by atoms with van der Waals surface area (Å²) in [6.07, 6.45) is 1.86. The third-order valence-electron chi connectivity index (χ3n) is 4.51. The molecule has 2 N–H and O–H groups in total. The van der Waals surface area contributed by atoms with Gasteiger partial charge in [0.15, 0.2) is 6.10 Å². The van der Waals surface area contributed by atoms with E-state index in [1.54, 1.807) is 32.0 Å². The number of rotatable bonds is 9. The van der Waals surface area contributed by atoms with Gasteiger partial charge in [0.2, 0.25) is 0 Å². The fraction of sp³-hybridized carbons (Fsp3) is 0.476. The largest absolute Gasteiger partial charge is 0.481 e. The lowest BCUT2D eigenvalue weighted by Crippen LogP contribution is -2.48. The SMILES string of the molecule is CCCCc1cc(=O)oc2cc(O[C@H](C)C(=O)N[C@H](C(=O)O)C(C)C)ccc12. The van der Waals surface area contributed by atoms with Gasteiger partial charge in [-0.3, -0.25) is 4.79 Å². The monoisotopic (exact) mass is 389 g/mol. The molecule has 0 bridgehead atoms. The summed E-state index contributed by atoms with van der Waals surface area (Å²) in [4.78, 5) is 35.4. The van der Waals surface area contributed by atoms with Gasteiger partial charge in [-0.25, -0.2) is 9.59 Å². The molecular formula is C21H27NO6. The number of carboxylic acid groups (broad SMARTS) is 1. The van der Waals surface area contributed by atoms with Crippen LogP contribution in [0.2, 0.25) is 0 Å². The van der Waals surface area contributed by atoms with Crippen LogP contribution in [0.1, 0.15) is 46.1 Å². The summed E-state index contributed by atoms with van der Waals surface area (Å²) in [5.41, 5.74) is 0.892. The molecule has 0 radical (unpaired) electrons. The van der Waals surface area contributed by atoms with Crippen molar-refractivity contribution < 1.29 is 23.8 Å². The topological polar surface area (TPSA) is 106 Å². The van der Waals surface area contributed by atoms with Gasteiger partial charge in [0.05, 0.1) is 0 Å². The molecule has 0 aliphatic heterocycles. The molecular weight excluding hydrogens is 362 g/mol. The number of ether oxygens (including phenoxy) is 1. The van der Waals surface area contributed by atoms with Crippen molar-refractivity contribution in [1.29, 1.82) is 0 Å². The first-order chi connectivity index (χ1) is 13.2. The van der Waals surface area contributed by atoms with E-state index in [9.17, 15) is 19.5 Å². The standard InChI is InChI=1S/C21H27NO6/c1-5-6-7-14-10-18(23)28-17-11-15(8-9-16(14)17)27-13(4)20(24)22-19(12(2)3)21(25)26/h8-13,19H,5-7H2,1-4H3,(H,22,24)(H,25,26)/t13-,19+/m1/s1. The first-order valence-electron chi connectivity index (χ1n) is 9.49. The number of amides is 1. The van der Waals surface area contributed by atoms with Crippen LogP contribution in [0.4, 0.5) is 0 Å². The first-order valence-corrected chi connectivity index (χ1v) is 9.49. The summed E-state index contributed by atoms with van der Waals surface area (Å²) in [5.74, 6) is -1.52.